The van der Waals surface area contributed by atoms with E-state index in [-0.39, 0.29) is 22.5 Å². The summed E-state index contributed by atoms with van der Waals surface area (Å²) in [5, 5.41) is 24.0. The lowest BCUT2D eigenvalue weighted by atomic mass is 9.99. The number of aryl methyl sites for hydroxylation is 1. The fourth-order valence-electron chi connectivity index (χ4n) is 5.43. The van der Waals surface area contributed by atoms with E-state index in [1.54, 1.807) is 54.6 Å². The van der Waals surface area contributed by atoms with Gasteiger partial charge in [-0.1, -0.05) is 30.3 Å². The van der Waals surface area contributed by atoms with Crippen molar-refractivity contribution in [2.24, 2.45) is 0 Å². The summed E-state index contributed by atoms with van der Waals surface area (Å²) >= 11 is 0. The molecule has 45 heavy (non-hydrogen) atoms. The van der Waals surface area contributed by atoms with Gasteiger partial charge >= 0.3 is 5.97 Å². The number of aliphatic hydroxyl groups excluding tert-OH is 1. The van der Waals surface area contributed by atoms with Gasteiger partial charge in [-0.2, -0.15) is 0 Å². The highest BCUT2D eigenvalue weighted by Crippen LogP contribution is 2.24. The summed E-state index contributed by atoms with van der Waals surface area (Å²) in [5.74, 6) is -0.0750. The quantitative estimate of drug-likeness (QED) is 0.162. The molecule has 0 bridgehead atoms. The van der Waals surface area contributed by atoms with E-state index in [1.807, 2.05) is 6.07 Å². The molecule has 0 spiro atoms. The van der Waals surface area contributed by atoms with Crippen LogP contribution in [0.5, 0.6) is 0 Å². The normalized spacial score (nSPS) is 15.3. The molecule has 0 unspecified atom stereocenters. The summed E-state index contributed by atoms with van der Waals surface area (Å²) in [7, 11) is -3.75. The molecule has 1 saturated heterocycles. The first-order valence-corrected chi connectivity index (χ1v) is 16.6. The number of rotatable bonds is 14. The summed E-state index contributed by atoms with van der Waals surface area (Å²) in [4.78, 5) is 18.9. The SMILES string of the molecule is CC(C)(CCn1c(CCN2CCOCC2)nc2cc(C(=O)O)ccc21)NC[C@H](O)c1cccc(NS(=O)(=O)c2ccccc2)c1. The predicted molar refractivity (Wildman–Crippen MR) is 173 cm³/mol. The molecular weight excluding hydrogens is 594 g/mol. The average Bonchev–Trinajstić information content (AvgIpc) is 3.39. The lowest BCUT2D eigenvalue weighted by Crippen LogP contribution is -2.42. The van der Waals surface area contributed by atoms with Crippen molar-refractivity contribution in [3.63, 3.8) is 0 Å². The van der Waals surface area contributed by atoms with Crippen molar-refractivity contribution in [3.8, 4) is 0 Å². The van der Waals surface area contributed by atoms with Crippen molar-refractivity contribution in [2.45, 2.75) is 49.8 Å². The number of ether oxygens (including phenoxy) is 1. The fourth-order valence-corrected chi connectivity index (χ4v) is 6.50. The Balaban J connectivity index is 1.23. The van der Waals surface area contributed by atoms with Gasteiger partial charge in [-0.25, -0.2) is 18.2 Å². The molecule has 5 rings (SSSR count). The van der Waals surface area contributed by atoms with Crippen LogP contribution in [0, 0.1) is 0 Å². The molecule has 1 aliphatic rings. The number of hydrogen-bond acceptors (Lipinski definition) is 8. The van der Waals surface area contributed by atoms with E-state index in [9.17, 15) is 23.4 Å². The van der Waals surface area contributed by atoms with Crippen LogP contribution < -0.4 is 10.0 Å². The molecule has 2 heterocycles. The number of carboxylic acid groups (broad SMARTS) is 1. The number of imidazole rings is 1. The maximum Gasteiger partial charge on any atom is 0.335 e. The number of morpholine rings is 1. The Bertz CT molecular complexity index is 1720. The van der Waals surface area contributed by atoms with Crippen LogP contribution in [0.2, 0.25) is 0 Å². The monoisotopic (exact) mass is 635 g/mol. The van der Waals surface area contributed by atoms with Crippen molar-refractivity contribution in [3.05, 3.63) is 89.7 Å². The van der Waals surface area contributed by atoms with Gasteiger partial charge in [0.25, 0.3) is 10.0 Å². The Hall–Kier alpha value is -3.81. The van der Waals surface area contributed by atoms with E-state index in [0.717, 1.165) is 50.6 Å². The average molecular weight is 636 g/mol. The van der Waals surface area contributed by atoms with E-state index in [1.165, 1.54) is 12.1 Å². The third kappa shape index (κ3) is 8.47. The Labute approximate surface area is 263 Å². The molecule has 11 nitrogen and oxygen atoms in total. The highest BCUT2D eigenvalue weighted by molar-refractivity contribution is 7.92. The third-order valence-corrected chi connectivity index (χ3v) is 9.54. The Kier molecular flexibility index (Phi) is 10.2. The van der Waals surface area contributed by atoms with Crippen molar-refractivity contribution >= 4 is 32.7 Å². The second-order valence-electron chi connectivity index (χ2n) is 12.0. The van der Waals surface area contributed by atoms with E-state index in [2.05, 4.69) is 33.4 Å². The number of carbonyl (C=O) groups is 1. The maximum absolute atomic E-state index is 12.8. The summed E-state index contributed by atoms with van der Waals surface area (Å²) in [6.07, 6.45) is 0.583. The summed E-state index contributed by atoms with van der Waals surface area (Å²) in [6, 6.07) is 20.0. The largest absolute Gasteiger partial charge is 0.478 e. The molecule has 12 heteroatoms. The van der Waals surface area contributed by atoms with Crippen LogP contribution in [0.25, 0.3) is 11.0 Å². The minimum atomic E-state index is -3.75. The standard InChI is InChI=1S/C33H41N5O6S/c1-33(2,34-23-30(39)24-7-6-8-26(21-24)36-45(42,43)27-9-4-3-5-10-27)14-16-38-29-12-11-25(32(40)41)22-28(29)35-31(38)13-15-37-17-19-44-20-18-37/h3-12,21-22,30,34,36,39H,13-20,23H2,1-2H3,(H,40,41)/t30-/m0/s1. The van der Waals surface area contributed by atoms with Crippen LogP contribution in [-0.4, -0.2) is 84.0 Å². The number of β-amino-alcohol motifs (C(OH)–C–C–N with tert-alkyl or cyclic N) is 1. The topological polar surface area (TPSA) is 146 Å². The van der Waals surface area contributed by atoms with Crippen LogP contribution >= 0.6 is 0 Å². The predicted octanol–water partition coefficient (Wildman–Crippen LogP) is 3.90. The highest BCUT2D eigenvalue weighted by Gasteiger charge is 2.23. The number of sulfonamides is 1. The maximum atomic E-state index is 12.8. The Morgan fingerprint density at radius 2 is 1.78 bits per heavy atom. The van der Waals surface area contributed by atoms with Gasteiger partial charge in [-0.15, -0.1) is 0 Å². The first-order valence-electron chi connectivity index (χ1n) is 15.1. The number of hydrogen-bond donors (Lipinski definition) is 4. The summed E-state index contributed by atoms with van der Waals surface area (Å²) in [6.45, 7) is 9.09. The van der Waals surface area contributed by atoms with Gasteiger partial charge in [0.1, 0.15) is 5.82 Å². The van der Waals surface area contributed by atoms with Gasteiger partial charge < -0.3 is 24.8 Å². The number of nitrogens with one attached hydrogen (secondary N) is 2. The van der Waals surface area contributed by atoms with Crippen molar-refractivity contribution < 1.29 is 28.2 Å². The molecule has 240 valence electrons. The van der Waals surface area contributed by atoms with Crippen molar-refractivity contribution in [1.82, 2.24) is 19.8 Å². The molecule has 1 aromatic heterocycles. The molecule has 1 atom stereocenters. The van der Waals surface area contributed by atoms with Crippen LogP contribution in [-0.2, 0) is 27.7 Å². The van der Waals surface area contributed by atoms with Crippen LogP contribution in [0.15, 0.2) is 77.7 Å². The molecule has 4 aromatic rings. The zero-order chi connectivity index (χ0) is 32.0. The zero-order valence-electron chi connectivity index (χ0n) is 25.6. The first-order chi connectivity index (χ1) is 21.5. The molecule has 1 aliphatic heterocycles. The lowest BCUT2D eigenvalue weighted by Gasteiger charge is -2.29. The van der Waals surface area contributed by atoms with Crippen molar-refractivity contribution in [2.75, 3.05) is 44.1 Å². The van der Waals surface area contributed by atoms with E-state index in [0.29, 0.717) is 29.7 Å². The molecule has 4 N–H and O–H groups in total. The highest BCUT2D eigenvalue weighted by atomic mass is 32.2. The summed E-state index contributed by atoms with van der Waals surface area (Å²) < 4.78 is 35.7. The van der Waals surface area contributed by atoms with Crippen LogP contribution in [0.1, 0.15) is 48.1 Å². The van der Waals surface area contributed by atoms with Gasteiger partial charge in [0.2, 0.25) is 0 Å². The van der Waals surface area contributed by atoms with Crippen molar-refractivity contribution in [1.29, 1.82) is 0 Å². The van der Waals surface area contributed by atoms with Crippen LogP contribution in [0.4, 0.5) is 5.69 Å². The Morgan fingerprint density at radius 3 is 2.51 bits per heavy atom. The minimum Gasteiger partial charge on any atom is -0.478 e. The van der Waals surface area contributed by atoms with Gasteiger partial charge in [0, 0.05) is 50.4 Å². The minimum absolute atomic E-state index is 0.164. The number of nitrogens with zero attached hydrogens (tertiary/aromatic N) is 3. The third-order valence-electron chi connectivity index (χ3n) is 8.14. The molecule has 0 radical (unpaired) electrons. The lowest BCUT2D eigenvalue weighted by molar-refractivity contribution is 0.0381. The number of aromatic carboxylic acids is 1. The molecule has 3 aromatic carbocycles. The smallest absolute Gasteiger partial charge is 0.335 e. The van der Waals surface area contributed by atoms with Gasteiger partial charge in [0.05, 0.1) is 40.8 Å². The van der Waals surface area contributed by atoms with Crippen LogP contribution in [0.3, 0.4) is 0 Å². The number of carboxylic acids is 1. The number of fused-ring (bicyclic) bond motifs is 1. The number of aliphatic hydroxyl groups is 1. The molecule has 1 fully saturated rings. The second kappa shape index (κ2) is 14.1. The van der Waals surface area contributed by atoms with Gasteiger partial charge in [0.15, 0.2) is 0 Å². The first kappa shape index (κ1) is 32.6. The van der Waals surface area contributed by atoms with Gasteiger partial charge in [-0.05, 0) is 68.3 Å². The number of aromatic nitrogens is 2. The molecular formula is C33H41N5O6S. The van der Waals surface area contributed by atoms with E-state index in [4.69, 9.17) is 9.72 Å². The molecule has 0 saturated carbocycles. The molecule has 0 aliphatic carbocycles. The molecule has 0 amide bonds. The van der Waals surface area contributed by atoms with E-state index < -0.39 is 22.1 Å². The Morgan fingerprint density at radius 1 is 1.02 bits per heavy atom. The fraction of sp³-hybridized carbons (Fsp3) is 0.394. The number of benzene rings is 3. The van der Waals surface area contributed by atoms with E-state index >= 15 is 0 Å². The number of anilines is 1. The van der Waals surface area contributed by atoms with Gasteiger partial charge in [-0.3, -0.25) is 9.62 Å². The zero-order valence-corrected chi connectivity index (χ0v) is 26.5. The second-order valence-corrected chi connectivity index (χ2v) is 13.6. The summed E-state index contributed by atoms with van der Waals surface area (Å²) in [5.41, 5.74) is 2.36.